The van der Waals surface area contributed by atoms with Gasteiger partial charge in [0.25, 0.3) is 0 Å². The molecule has 0 spiro atoms. The van der Waals surface area contributed by atoms with E-state index in [1.165, 1.54) is 32.1 Å². The second-order valence-corrected chi connectivity index (χ2v) is 4.55. The normalized spacial score (nSPS) is 23.2. The summed E-state index contributed by atoms with van der Waals surface area (Å²) in [7, 11) is 0. The zero-order chi connectivity index (χ0) is 8.32. The smallest absolute Gasteiger partial charge is 0 e. The van der Waals surface area contributed by atoms with Gasteiger partial charge in [0.15, 0.2) is 0 Å². The van der Waals surface area contributed by atoms with Crippen molar-refractivity contribution in [3.63, 3.8) is 0 Å². The Hall–Kier alpha value is 1.10. The van der Waals surface area contributed by atoms with Gasteiger partial charge in [0.1, 0.15) is 0 Å². The van der Waals surface area contributed by atoms with Gasteiger partial charge in [-0.1, -0.05) is 32.1 Å². The molecule has 0 saturated heterocycles. The third kappa shape index (κ3) is 4.37. The van der Waals surface area contributed by atoms with Gasteiger partial charge < -0.3 is 12.8 Å². The number of rotatable bonds is 2. The van der Waals surface area contributed by atoms with Crippen LogP contribution >= 0.6 is 0 Å². The van der Waals surface area contributed by atoms with Gasteiger partial charge in [-0.15, -0.1) is 0 Å². The van der Waals surface area contributed by atoms with Gasteiger partial charge in [0.05, 0.1) is 0 Å². The fraction of sp³-hybridized carbons (Fsp3) is 0.818. The van der Waals surface area contributed by atoms with Gasteiger partial charge >= 0.3 is 0 Å². The summed E-state index contributed by atoms with van der Waals surface area (Å²) < 4.78 is 0. The van der Waals surface area contributed by atoms with E-state index in [1.807, 2.05) is 0 Å². The minimum atomic E-state index is 0. The predicted molar refractivity (Wildman–Crippen MR) is 50.1 cm³/mol. The second kappa shape index (κ2) is 5.75. The van der Waals surface area contributed by atoms with E-state index in [0.29, 0.717) is 5.41 Å². The summed E-state index contributed by atoms with van der Waals surface area (Å²) in [5.74, 6) is 1.76. The van der Waals surface area contributed by atoms with Crippen LogP contribution in [0.25, 0.3) is 0 Å². The minimum Gasteiger partial charge on any atom is -0.346 e. The molecule has 0 atom stereocenters. The van der Waals surface area contributed by atoms with Gasteiger partial charge in [-0.05, 0) is 0 Å². The quantitative estimate of drug-likeness (QED) is 0.645. The largest absolute Gasteiger partial charge is 0.346 e. The minimum absolute atomic E-state index is 0. The molecular weight excluding hydrogens is 221 g/mol. The molecule has 0 aromatic rings. The molecule has 0 N–H and O–H groups in total. The van der Waals surface area contributed by atoms with Crippen molar-refractivity contribution in [1.82, 2.24) is 0 Å². The predicted octanol–water partition coefficient (Wildman–Crippen LogP) is 3.77. The van der Waals surface area contributed by atoms with Gasteiger partial charge in [0, 0.05) is 32.7 Å². The maximum absolute atomic E-state index is 3.91. The fourth-order valence-electron chi connectivity index (χ4n) is 2.13. The van der Waals surface area contributed by atoms with Crippen LogP contribution in [0.5, 0.6) is 0 Å². The van der Waals surface area contributed by atoms with Crippen molar-refractivity contribution in [1.29, 1.82) is 0 Å². The van der Waals surface area contributed by atoms with Crippen LogP contribution in [0.4, 0.5) is 0 Å². The van der Waals surface area contributed by atoms with E-state index in [2.05, 4.69) is 20.8 Å². The van der Waals surface area contributed by atoms with E-state index in [4.69, 9.17) is 0 Å². The summed E-state index contributed by atoms with van der Waals surface area (Å²) >= 11 is 0. The van der Waals surface area contributed by atoms with Crippen molar-refractivity contribution in [2.75, 3.05) is 0 Å². The van der Waals surface area contributed by atoms with Crippen LogP contribution in [-0.4, -0.2) is 0 Å². The first kappa shape index (κ1) is 13.1. The summed E-state index contributed by atoms with van der Waals surface area (Å²) in [4.78, 5) is 0. The topological polar surface area (TPSA) is 0 Å². The average Bonchev–Trinajstić information content (AvgIpc) is 1.85. The first-order valence-corrected chi connectivity index (χ1v) is 4.77. The zero-order valence-corrected chi connectivity index (χ0v) is 11.4. The van der Waals surface area contributed by atoms with E-state index >= 15 is 0 Å². The first-order chi connectivity index (χ1) is 5.14. The van der Waals surface area contributed by atoms with Crippen molar-refractivity contribution in [2.24, 2.45) is 5.41 Å². The summed E-state index contributed by atoms with van der Waals surface area (Å²) in [6.07, 6.45) is 7.90. The molecule has 1 saturated carbocycles. The number of hydrogen-bond acceptors (Lipinski definition) is 0. The molecule has 0 unspecified atom stereocenters. The Bertz CT molecular complexity index is 116. The molecule has 0 nitrogen and oxygen atoms in total. The van der Waals surface area contributed by atoms with Crippen LogP contribution < -0.4 is 0 Å². The van der Waals surface area contributed by atoms with E-state index in [9.17, 15) is 0 Å². The summed E-state index contributed by atoms with van der Waals surface area (Å²) in [5.41, 5.74) is 0.586. The van der Waals surface area contributed by atoms with Crippen LogP contribution in [0, 0.1) is 18.3 Å². The van der Waals surface area contributed by atoms with E-state index < -0.39 is 0 Å². The third-order valence-electron chi connectivity index (χ3n) is 2.64. The van der Waals surface area contributed by atoms with Gasteiger partial charge in [0.2, 0.25) is 0 Å². The van der Waals surface area contributed by atoms with Crippen molar-refractivity contribution in [3.05, 3.63) is 12.8 Å². The summed E-state index contributed by atoms with van der Waals surface area (Å²) in [6.45, 7) is 8.68. The molecule has 0 bridgehead atoms. The summed E-state index contributed by atoms with van der Waals surface area (Å²) in [6, 6.07) is 0. The van der Waals surface area contributed by atoms with Gasteiger partial charge in [-0.25, -0.2) is 12.8 Å². The maximum atomic E-state index is 3.91. The zero-order valence-electron chi connectivity index (χ0n) is 8.53. The molecule has 0 amide bonds. The Morgan fingerprint density at radius 2 is 2.08 bits per heavy atom. The van der Waals surface area contributed by atoms with E-state index in [0.717, 1.165) is 6.42 Å². The van der Waals surface area contributed by atoms with Crippen molar-refractivity contribution in [3.8, 4) is 0 Å². The van der Waals surface area contributed by atoms with E-state index in [-0.39, 0.29) is 32.7 Å². The Morgan fingerprint density at radius 1 is 1.42 bits per heavy atom. The molecule has 0 aliphatic heterocycles. The molecule has 69 valence electrons. The van der Waals surface area contributed by atoms with Crippen LogP contribution in [0.2, 0.25) is 0 Å². The fourth-order valence-corrected chi connectivity index (χ4v) is 2.13. The number of hydrogen-bond donors (Lipinski definition) is 0. The molecule has 1 radical (unpaired) electrons. The van der Waals surface area contributed by atoms with Crippen molar-refractivity contribution >= 4 is 0 Å². The van der Waals surface area contributed by atoms with Crippen LogP contribution in [-0.2, 0) is 32.7 Å². The first-order valence-electron chi connectivity index (χ1n) is 4.77. The monoisotopic (exact) mass is 241 g/mol. The molecule has 1 aliphatic carbocycles. The standard InChI is InChI=1S/C11H20.Y/c1-4-6-10-7-5-8-11(2,3)9-10;/h1,4-9H2,2-3H3;/q-2;. The van der Waals surface area contributed by atoms with Gasteiger partial charge in [-0.3, -0.25) is 0 Å². The molecule has 1 heteroatoms. The van der Waals surface area contributed by atoms with Crippen LogP contribution in [0.3, 0.4) is 0 Å². The molecule has 0 aromatic carbocycles. The van der Waals surface area contributed by atoms with Crippen molar-refractivity contribution in [2.45, 2.75) is 52.4 Å². The Balaban J connectivity index is 0.00000121. The average molecular weight is 241 g/mol. The summed E-state index contributed by atoms with van der Waals surface area (Å²) in [5, 5.41) is 0. The van der Waals surface area contributed by atoms with Crippen LogP contribution in [0.15, 0.2) is 0 Å². The Labute approximate surface area is 103 Å². The Morgan fingerprint density at radius 3 is 2.58 bits per heavy atom. The van der Waals surface area contributed by atoms with Crippen molar-refractivity contribution < 1.29 is 32.7 Å². The second-order valence-electron chi connectivity index (χ2n) is 4.55. The Kier molecular flexibility index (Phi) is 6.28. The molecule has 1 aliphatic rings. The molecule has 0 heterocycles. The van der Waals surface area contributed by atoms with E-state index in [1.54, 1.807) is 5.92 Å². The molecule has 0 aromatic heterocycles. The SMILES string of the molecule is [CH2-]CC[C-]1CCCC(C)(C)C1.[Y]. The maximum Gasteiger partial charge on any atom is 0 e. The third-order valence-corrected chi connectivity index (χ3v) is 2.64. The molecule has 1 rings (SSSR count). The van der Waals surface area contributed by atoms with Gasteiger partial charge in [-0.2, -0.15) is 12.8 Å². The molecular formula is C11H20Y-2. The molecule has 1 fully saturated rings. The molecule has 12 heavy (non-hydrogen) atoms. The van der Waals surface area contributed by atoms with Crippen LogP contribution in [0.1, 0.15) is 52.4 Å².